The number of allylic oxidation sites excluding steroid dienone is 7. The lowest BCUT2D eigenvalue weighted by Crippen LogP contribution is -2.21. The van der Waals surface area contributed by atoms with E-state index in [1.54, 1.807) is 6.20 Å². The van der Waals surface area contributed by atoms with Gasteiger partial charge in [-0.25, -0.2) is 9.67 Å². The minimum absolute atomic E-state index is 0.633. The van der Waals surface area contributed by atoms with E-state index >= 15 is 0 Å². The van der Waals surface area contributed by atoms with Gasteiger partial charge in [0.1, 0.15) is 0 Å². The molecule has 0 fully saturated rings. The van der Waals surface area contributed by atoms with Gasteiger partial charge >= 0.3 is 0 Å². The third-order valence-corrected chi connectivity index (χ3v) is 4.81. The smallest absolute Gasteiger partial charge is 0.155 e. The Morgan fingerprint density at radius 2 is 1.96 bits per heavy atom. The highest BCUT2D eigenvalue weighted by molar-refractivity contribution is 6.02. The molecule has 0 atom stereocenters. The Labute approximate surface area is 169 Å². The molecule has 0 bridgehead atoms. The monoisotopic (exact) mass is 376 g/mol. The van der Waals surface area contributed by atoms with Crippen molar-refractivity contribution in [3.8, 4) is 0 Å². The second-order valence-electron chi connectivity index (χ2n) is 7.33. The van der Waals surface area contributed by atoms with Crippen LogP contribution >= 0.6 is 0 Å². The molecule has 1 aromatic heterocycles. The molecule has 0 saturated heterocycles. The number of nitrogens with zero attached hydrogens (tertiary/aromatic N) is 3. The summed E-state index contributed by atoms with van der Waals surface area (Å²) >= 11 is 0. The third-order valence-electron chi connectivity index (χ3n) is 4.81. The molecule has 2 heterocycles. The zero-order valence-electron chi connectivity index (χ0n) is 17.7. The lowest BCUT2D eigenvalue weighted by atomic mass is 10.1. The van der Waals surface area contributed by atoms with Crippen molar-refractivity contribution in [1.82, 2.24) is 15.1 Å². The second-order valence-corrected chi connectivity index (χ2v) is 7.33. The zero-order valence-corrected chi connectivity index (χ0v) is 17.7. The molecular formula is C24H32N4. The maximum absolute atomic E-state index is 4.76. The van der Waals surface area contributed by atoms with Gasteiger partial charge in [0.05, 0.1) is 11.9 Å². The Bertz CT molecular complexity index is 887. The molecule has 2 rings (SSSR count). The summed E-state index contributed by atoms with van der Waals surface area (Å²) in [7, 11) is 0. The average molecular weight is 377 g/mol. The maximum atomic E-state index is 4.76. The number of nitrogens with one attached hydrogen (secondary N) is 1. The van der Waals surface area contributed by atoms with Crippen LogP contribution in [0.15, 0.2) is 83.2 Å². The molecule has 0 radical (unpaired) electrons. The summed E-state index contributed by atoms with van der Waals surface area (Å²) in [4.78, 5) is 4.76. The first-order valence-corrected chi connectivity index (χ1v) is 9.72. The molecule has 1 aliphatic rings. The summed E-state index contributed by atoms with van der Waals surface area (Å²) in [6, 6.07) is 1.91. The molecule has 1 N–H and O–H groups in total. The second kappa shape index (κ2) is 9.88. The van der Waals surface area contributed by atoms with Crippen LogP contribution in [0.4, 0.5) is 5.82 Å². The molecule has 4 heteroatoms. The number of rotatable bonds is 9. The van der Waals surface area contributed by atoms with E-state index in [2.05, 4.69) is 69.2 Å². The van der Waals surface area contributed by atoms with Crippen molar-refractivity contribution in [3.63, 3.8) is 0 Å². The van der Waals surface area contributed by atoms with Crippen molar-refractivity contribution in [2.24, 2.45) is 4.99 Å². The van der Waals surface area contributed by atoms with Crippen molar-refractivity contribution < 1.29 is 0 Å². The molecule has 0 saturated carbocycles. The molecule has 0 spiro atoms. The Hall–Kier alpha value is -2.88. The molecule has 0 aromatic carbocycles. The van der Waals surface area contributed by atoms with Crippen molar-refractivity contribution in [2.75, 3.05) is 6.54 Å². The summed E-state index contributed by atoms with van der Waals surface area (Å²) in [6.07, 6.45) is 10.7. The summed E-state index contributed by atoms with van der Waals surface area (Å²) in [6.45, 7) is 21.4. The van der Waals surface area contributed by atoms with Gasteiger partial charge in [-0.15, -0.1) is 0 Å². The first kappa shape index (κ1) is 21.4. The van der Waals surface area contributed by atoms with Crippen molar-refractivity contribution in [3.05, 3.63) is 78.2 Å². The number of fused-ring (bicyclic) bond motifs is 1. The van der Waals surface area contributed by atoms with Crippen molar-refractivity contribution >= 4 is 17.2 Å². The van der Waals surface area contributed by atoms with Gasteiger partial charge in [0.25, 0.3) is 0 Å². The largest absolute Gasteiger partial charge is 0.380 e. The predicted molar refractivity (Wildman–Crippen MR) is 122 cm³/mol. The summed E-state index contributed by atoms with van der Waals surface area (Å²) in [5, 5.41) is 7.76. The van der Waals surface area contributed by atoms with Crippen LogP contribution in [0, 0.1) is 0 Å². The van der Waals surface area contributed by atoms with Crippen LogP contribution in [0.1, 0.15) is 47.0 Å². The predicted octanol–water partition coefficient (Wildman–Crippen LogP) is 6.13. The van der Waals surface area contributed by atoms with E-state index in [9.17, 15) is 0 Å². The number of hydrogen-bond acceptors (Lipinski definition) is 3. The number of aromatic nitrogens is 2. The standard InChI is InChI=1S/C24H32N4/c1-8-19(5)20(6)10-9-18(4)16-25-21(7)23-12-11-22(15-17(2)3)28-24(27-23)13-14-26-28/h9-11,13-14,25H,2,4,7-8,12,15-16H2,1,3,5-6H3/b10-9-,20-19-. The van der Waals surface area contributed by atoms with E-state index in [-0.39, 0.29) is 0 Å². The fourth-order valence-electron chi connectivity index (χ4n) is 2.78. The van der Waals surface area contributed by atoms with Gasteiger partial charge in [0.15, 0.2) is 5.82 Å². The normalized spacial score (nSPS) is 14.6. The highest BCUT2D eigenvalue weighted by Crippen LogP contribution is 2.26. The molecule has 148 valence electrons. The van der Waals surface area contributed by atoms with Gasteiger partial charge in [-0.2, -0.15) is 5.10 Å². The molecule has 1 aliphatic heterocycles. The van der Waals surface area contributed by atoms with Crippen molar-refractivity contribution in [1.29, 1.82) is 0 Å². The van der Waals surface area contributed by atoms with Crippen LogP contribution in [0.5, 0.6) is 0 Å². The van der Waals surface area contributed by atoms with E-state index in [0.717, 1.165) is 46.9 Å². The molecule has 0 amide bonds. The topological polar surface area (TPSA) is 42.2 Å². The van der Waals surface area contributed by atoms with E-state index in [4.69, 9.17) is 4.99 Å². The minimum atomic E-state index is 0.633. The minimum Gasteiger partial charge on any atom is -0.380 e. The highest BCUT2D eigenvalue weighted by atomic mass is 15.3. The molecule has 0 aliphatic carbocycles. The van der Waals surface area contributed by atoms with Gasteiger partial charge in [0.2, 0.25) is 0 Å². The number of aliphatic imine (C=N–C) groups is 1. The molecule has 28 heavy (non-hydrogen) atoms. The summed E-state index contributed by atoms with van der Waals surface area (Å²) in [5.74, 6) is 0.817. The van der Waals surface area contributed by atoms with Gasteiger partial charge < -0.3 is 5.32 Å². The third kappa shape index (κ3) is 5.81. The van der Waals surface area contributed by atoms with Crippen LogP contribution in [0.3, 0.4) is 0 Å². The lowest BCUT2D eigenvalue weighted by Gasteiger charge is -2.11. The molecule has 0 unspecified atom stereocenters. The Morgan fingerprint density at radius 3 is 2.64 bits per heavy atom. The van der Waals surface area contributed by atoms with E-state index in [1.165, 1.54) is 11.1 Å². The van der Waals surface area contributed by atoms with Crippen LogP contribution in [0.25, 0.3) is 5.70 Å². The van der Waals surface area contributed by atoms with Crippen LogP contribution in [0.2, 0.25) is 0 Å². The van der Waals surface area contributed by atoms with E-state index in [0.29, 0.717) is 13.0 Å². The first-order chi connectivity index (χ1) is 13.3. The summed E-state index contributed by atoms with van der Waals surface area (Å²) in [5.41, 5.74) is 7.60. The Morgan fingerprint density at radius 1 is 1.21 bits per heavy atom. The van der Waals surface area contributed by atoms with Crippen LogP contribution in [-0.2, 0) is 0 Å². The van der Waals surface area contributed by atoms with Gasteiger partial charge in [-0.1, -0.05) is 61.6 Å². The maximum Gasteiger partial charge on any atom is 0.155 e. The first-order valence-electron chi connectivity index (χ1n) is 9.72. The summed E-state index contributed by atoms with van der Waals surface area (Å²) < 4.78 is 1.88. The fraction of sp³-hybridized carbons (Fsp3) is 0.333. The SMILES string of the molecule is C=C(C)CC1=CCC(C(=C)NCC(=C)/C=C\C(C)=C(\C)CC)=Nc2ccnn21. The molecular weight excluding hydrogens is 344 g/mol. The lowest BCUT2D eigenvalue weighted by molar-refractivity contribution is 0.871. The Kier molecular flexibility index (Phi) is 7.56. The average Bonchev–Trinajstić information content (AvgIpc) is 3.06. The van der Waals surface area contributed by atoms with E-state index in [1.807, 2.05) is 17.7 Å². The molecule has 4 nitrogen and oxygen atoms in total. The van der Waals surface area contributed by atoms with Gasteiger partial charge in [-0.05, 0) is 32.8 Å². The number of hydrogen-bond donors (Lipinski definition) is 1. The van der Waals surface area contributed by atoms with Gasteiger partial charge in [-0.3, -0.25) is 0 Å². The fourth-order valence-corrected chi connectivity index (χ4v) is 2.78. The zero-order chi connectivity index (χ0) is 20.7. The van der Waals surface area contributed by atoms with Crippen LogP contribution < -0.4 is 5.32 Å². The molecule has 1 aromatic rings. The van der Waals surface area contributed by atoms with Gasteiger partial charge in [0, 0.05) is 36.8 Å². The van der Waals surface area contributed by atoms with E-state index < -0.39 is 0 Å². The van der Waals surface area contributed by atoms with Crippen molar-refractivity contribution in [2.45, 2.75) is 47.0 Å². The Balaban J connectivity index is 2.04. The quantitative estimate of drug-likeness (QED) is 0.416. The van der Waals surface area contributed by atoms with Crippen LogP contribution in [-0.4, -0.2) is 22.0 Å². The highest BCUT2D eigenvalue weighted by Gasteiger charge is 2.14.